The Hall–Kier alpha value is -1.26. The average molecular weight is 255 g/mol. The van der Waals surface area contributed by atoms with Crippen LogP contribution in [0.4, 0.5) is 5.69 Å². The van der Waals surface area contributed by atoms with Crippen molar-refractivity contribution in [2.45, 2.75) is 6.42 Å². The molecule has 0 bridgehead atoms. The summed E-state index contributed by atoms with van der Waals surface area (Å²) in [4.78, 5) is 14.0. The van der Waals surface area contributed by atoms with E-state index < -0.39 is 0 Å². The van der Waals surface area contributed by atoms with Crippen LogP contribution in [0.25, 0.3) is 0 Å². The van der Waals surface area contributed by atoms with Gasteiger partial charge < -0.3 is 15.4 Å². The molecule has 1 aliphatic rings. The quantitative estimate of drug-likeness (QED) is 0.778. The first-order valence-electron chi connectivity index (χ1n) is 5.60. The molecular formula is C12H15ClN2O2. The maximum absolute atomic E-state index is 12.2. The largest absolute Gasteiger partial charge is 0.398 e. The summed E-state index contributed by atoms with van der Waals surface area (Å²) in [6.45, 7) is 2.66. The zero-order valence-electron chi connectivity index (χ0n) is 9.49. The summed E-state index contributed by atoms with van der Waals surface area (Å²) in [6.07, 6.45) is 0.869. The summed E-state index contributed by atoms with van der Waals surface area (Å²) in [5.74, 6) is -0.0163. The Kier molecular flexibility index (Phi) is 3.86. The number of nitrogen functional groups attached to an aromatic ring is 1. The Morgan fingerprint density at radius 3 is 2.94 bits per heavy atom. The van der Waals surface area contributed by atoms with E-state index in [0.717, 1.165) is 13.0 Å². The Morgan fingerprint density at radius 2 is 2.18 bits per heavy atom. The molecule has 0 radical (unpaired) electrons. The molecule has 1 saturated heterocycles. The first-order valence-corrected chi connectivity index (χ1v) is 5.98. The maximum atomic E-state index is 12.2. The van der Waals surface area contributed by atoms with Gasteiger partial charge in [-0.1, -0.05) is 11.6 Å². The minimum atomic E-state index is -0.0163. The molecule has 1 aromatic carbocycles. The zero-order valence-corrected chi connectivity index (χ0v) is 10.2. The van der Waals surface area contributed by atoms with Gasteiger partial charge in [0.1, 0.15) is 0 Å². The van der Waals surface area contributed by atoms with Crippen LogP contribution in [0.3, 0.4) is 0 Å². The van der Waals surface area contributed by atoms with E-state index in [9.17, 15) is 4.79 Å². The Bertz CT molecular complexity index is 415. The molecule has 1 fully saturated rings. The van der Waals surface area contributed by atoms with Crippen LogP contribution in [0.5, 0.6) is 0 Å². The molecule has 2 rings (SSSR count). The lowest BCUT2D eigenvalue weighted by Crippen LogP contribution is -2.33. The number of halogens is 1. The summed E-state index contributed by atoms with van der Waals surface area (Å²) in [6, 6.07) is 4.98. The van der Waals surface area contributed by atoms with Gasteiger partial charge in [0, 0.05) is 25.3 Å². The number of ether oxygens (including phenoxy) is 1. The van der Waals surface area contributed by atoms with E-state index in [1.807, 2.05) is 0 Å². The third-order valence-electron chi connectivity index (χ3n) is 2.76. The minimum absolute atomic E-state index is 0.0163. The third kappa shape index (κ3) is 2.90. The van der Waals surface area contributed by atoms with Crippen LogP contribution in [-0.2, 0) is 4.74 Å². The van der Waals surface area contributed by atoms with E-state index in [0.29, 0.717) is 36.0 Å². The smallest absolute Gasteiger partial charge is 0.253 e. The number of amides is 1. The second-order valence-corrected chi connectivity index (χ2v) is 4.40. The molecule has 1 amide bonds. The van der Waals surface area contributed by atoms with E-state index in [2.05, 4.69) is 0 Å². The standard InChI is InChI=1S/C12H15ClN2O2/c13-10-8-9(2-3-11(10)14)12(16)15-4-1-6-17-7-5-15/h2-3,8H,1,4-7,14H2. The van der Waals surface area contributed by atoms with Crippen molar-refractivity contribution in [3.05, 3.63) is 28.8 Å². The summed E-state index contributed by atoms with van der Waals surface area (Å²) >= 11 is 5.91. The van der Waals surface area contributed by atoms with Crippen molar-refractivity contribution in [2.24, 2.45) is 0 Å². The predicted molar refractivity (Wildman–Crippen MR) is 67.2 cm³/mol. The van der Waals surface area contributed by atoms with Crippen LogP contribution >= 0.6 is 11.6 Å². The van der Waals surface area contributed by atoms with E-state index in [-0.39, 0.29) is 5.91 Å². The molecule has 1 aliphatic heterocycles. The van der Waals surface area contributed by atoms with Crippen molar-refractivity contribution in [1.29, 1.82) is 0 Å². The molecule has 0 spiro atoms. The highest BCUT2D eigenvalue weighted by atomic mass is 35.5. The Balaban J connectivity index is 2.14. The summed E-state index contributed by atoms with van der Waals surface area (Å²) in [7, 11) is 0. The second kappa shape index (κ2) is 5.38. The average Bonchev–Trinajstić information content (AvgIpc) is 2.60. The summed E-state index contributed by atoms with van der Waals surface area (Å²) < 4.78 is 5.31. The van der Waals surface area contributed by atoms with Gasteiger partial charge in [0.25, 0.3) is 5.91 Å². The van der Waals surface area contributed by atoms with Gasteiger partial charge in [0.15, 0.2) is 0 Å². The lowest BCUT2D eigenvalue weighted by Gasteiger charge is -2.19. The van der Waals surface area contributed by atoms with Gasteiger partial charge in [-0.15, -0.1) is 0 Å². The van der Waals surface area contributed by atoms with Gasteiger partial charge in [-0.05, 0) is 24.6 Å². The molecule has 0 saturated carbocycles. The minimum Gasteiger partial charge on any atom is -0.398 e. The maximum Gasteiger partial charge on any atom is 0.253 e. The third-order valence-corrected chi connectivity index (χ3v) is 3.08. The predicted octanol–water partition coefficient (Wildman–Crippen LogP) is 1.78. The second-order valence-electron chi connectivity index (χ2n) is 3.99. The topological polar surface area (TPSA) is 55.6 Å². The van der Waals surface area contributed by atoms with Crippen LogP contribution in [-0.4, -0.2) is 37.1 Å². The molecule has 0 aliphatic carbocycles. The summed E-state index contributed by atoms with van der Waals surface area (Å²) in [5, 5.41) is 0.418. The number of anilines is 1. The molecule has 17 heavy (non-hydrogen) atoms. The van der Waals surface area contributed by atoms with Gasteiger partial charge >= 0.3 is 0 Å². The molecule has 0 unspecified atom stereocenters. The van der Waals surface area contributed by atoms with Crippen molar-refractivity contribution in [3.63, 3.8) is 0 Å². The SMILES string of the molecule is Nc1ccc(C(=O)N2CCCOCC2)cc1Cl. The fourth-order valence-corrected chi connectivity index (χ4v) is 1.97. The first kappa shape index (κ1) is 12.2. The van der Waals surface area contributed by atoms with E-state index >= 15 is 0 Å². The number of rotatable bonds is 1. The molecule has 0 atom stereocenters. The van der Waals surface area contributed by atoms with Crippen molar-refractivity contribution in [1.82, 2.24) is 4.90 Å². The summed E-state index contributed by atoms with van der Waals surface area (Å²) in [5.41, 5.74) is 6.68. The number of hydrogen-bond acceptors (Lipinski definition) is 3. The molecule has 0 aromatic heterocycles. The number of nitrogens with two attached hydrogens (primary N) is 1. The van der Waals surface area contributed by atoms with Crippen molar-refractivity contribution < 1.29 is 9.53 Å². The monoisotopic (exact) mass is 254 g/mol. The molecule has 1 aromatic rings. The highest BCUT2D eigenvalue weighted by Gasteiger charge is 2.17. The molecule has 5 heteroatoms. The molecular weight excluding hydrogens is 240 g/mol. The van der Waals surface area contributed by atoms with Gasteiger partial charge in [0.05, 0.1) is 17.3 Å². The van der Waals surface area contributed by atoms with Crippen molar-refractivity contribution >= 4 is 23.2 Å². The van der Waals surface area contributed by atoms with Crippen molar-refractivity contribution in [3.8, 4) is 0 Å². The van der Waals surface area contributed by atoms with Crippen molar-refractivity contribution in [2.75, 3.05) is 32.0 Å². The molecule has 92 valence electrons. The van der Waals surface area contributed by atoms with Crippen LogP contribution < -0.4 is 5.73 Å². The van der Waals surface area contributed by atoms with Crippen LogP contribution in [0.2, 0.25) is 5.02 Å². The Morgan fingerprint density at radius 1 is 1.35 bits per heavy atom. The van der Waals surface area contributed by atoms with Gasteiger partial charge in [-0.3, -0.25) is 4.79 Å². The fraction of sp³-hybridized carbons (Fsp3) is 0.417. The lowest BCUT2D eigenvalue weighted by molar-refractivity contribution is 0.0741. The molecule has 4 nitrogen and oxygen atoms in total. The molecule has 1 heterocycles. The Labute approximate surface area is 105 Å². The van der Waals surface area contributed by atoms with Gasteiger partial charge in [0.2, 0.25) is 0 Å². The van der Waals surface area contributed by atoms with Gasteiger partial charge in [-0.25, -0.2) is 0 Å². The van der Waals surface area contributed by atoms with E-state index in [1.165, 1.54) is 0 Å². The number of carbonyl (C=O) groups excluding carboxylic acids is 1. The van der Waals surface area contributed by atoms with Crippen LogP contribution in [0.1, 0.15) is 16.8 Å². The zero-order chi connectivity index (χ0) is 12.3. The fourth-order valence-electron chi connectivity index (χ4n) is 1.79. The number of hydrogen-bond donors (Lipinski definition) is 1. The number of benzene rings is 1. The number of nitrogens with zero attached hydrogens (tertiary/aromatic N) is 1. The number of carbonyl (C=O) groups is 1. The molecule has 2 N–H and O–H groups in total. The first-order chi connectivity index (χ1) is 8.18. The van der Waals surface area contributed by atoms with Crippen LogP contribution in [0, 0.1) is 0 Å². The van der Waals surface area contributed by atoms with Crippen LogP contribution in [0.15, 0.2) is 18.2 Å². The highest BCUT2D eigenvalue weighted by molar-refractivity contribution is 6.33. The normalized spacial score (nSPS) is 16.6. The van der Waals surface area contributed by atoms with E-state index in [4.69, 9.17) is 22.1 Å². The van der Waals surface area contributed by atoms with E-state index in [1.54, 1.807) is 23.1 Å². The van der Waals surface area contributed by atoms with Gasteiger partial charge in [-0.2, -0.15) is 0 Å². The highest BCUT2D eigenvalue weighted by Crippen LogP contribution is 2.20. The lowest BCUT2D eigenvalue weighted by atomic mass is 10.1.